The van der Waals surface area contributed by atoms with E-state index in [2.05, 4.69) is 5.16 Å². The molecular formula is C45H44N2O9. The summed E-state index contributed by atoms with van der Waals surface area (Å²) in [5.74, 6) is -0.342. The molecule has 288 valence electrons. The number of carbonyl (C=O) groups is 3. The SMILES string of the molecule is COC1=C2C(=O)c3c(cc4ccc(-c5ccc(OC)cc5)cc4c3OC(=O)OC(C)(C)C)CC2C[C@@H]2C1C(=O)c1c(OCc3ccccc3)noc1[C@H]2N(C)C. The van der Waals surface area contributed by atoms with E-state index in [0.717, 1.165) is 33.4 Å². The third kappa shape index (κ3) is 6.49. The summed E-state index contributed by atoms with van der Waals surface area (Å²) in [4.78, 5) is 45.3. The smallest absolute Gasteiger partial charge is 0.500 e. The summed E-state index contributed by atoms with van der Waals surface area (Å²) in [5, 5.41) is 5.61. The second-order valence-electron chi connectivity index (χ2n) is 15.8. The summed E-state index contributed by atoms with van der Waals surface area (Å²) >= 11 is 0. The lowest BCUT2D eigenvalue weighted by Gasteiger charge is -2.46. The van der Waals surface area contributed by atoms with Gasteiger partial charge < -0.3 is 28.2 Å². The van der Waals surface area contributed by atoms with Crippen LogP contribution in [-0.2, 0) is 22.5 Å². The maximum Gasteiger partial charge on any atom is 0.514 e. The molecule has 0 spiro atoms. The second-order valence-corrected chi connectivity index (χ2v) is 15.8. The Morgan fingerprint density at radius 1 is 0.911 bits per heavy atom. The number of ether oxygens (including phenoxy) is 5. The van der Waals surface area contributed by atoms with Gasteiger partial charge >= 0.3 is 6.16 Å². The normalized spacial score (nSPS) is 20.2. The van der Waals surface area contributed by atoms with Crippen molar-refractivity contribution in [1.29, 1.82) is 0 Å². The molecule has 0 saturated heterocycles. The fourth-order valence-corrected chi connectivity index (χ4v) is 8.65. The number of aromatic nitrogens is 1. The Morgan fingerprint density at radius 3 is 2.32 bits per heavy atom. The molecule has 11 nitrogen and oxygen atoms in total. The highest BCUT2D eigenvalue weighted by Gasteiger charge is 2.55. The first kappa shape index (κ1) is 37.0. The predicted molar refractivity (Wildman–Crippen MR) is 208 cm³/mol. The van der Waals surface area contributed by atoms with Gasteiger partial charge in [-0.15, -0.1) is 0 Å². The van der Waals surface area contributed by atoms with Gasteiger partial charge in [-0.3, -0.25) is 14.5 Å². The summed E-state index contributed by atoms with van der Waals surface area (Å²) < 4.78 is 35.2. The number of hydrogen-bond donors (Lipinski definition) is 0. The minimum Gasteiger partial charge on any atom is -0.500 e. The minimum atomic E-state index is -0.930. The summed E-state index contributed by atoms with van der Waals surface area (Å²) in [5.41, 5.74) is 3.47. The number of nitrogens with zero attached hydrogens (tertiary/aromatic N) is 2. The lowest BCUT2D eigenvalue weighted by molar-refractivity contribution is 0.0208. The number of methoxy groups -OCH3 is 2. The Kier molecular flexibility index (Phi) is 9.44. The Hall–Kier alpha value is -5.94. The number of Topliss-reactive ketones (excluding diaryl/α,β-unsaturated/α-hetero) is 2. The van der Waals surface area contributed by atoms with Crippen LogP contribution < -0.4 is 14.2 Å². The first-order chi connectivity index (χ1) is 26.9. The van der Waals surface area contributed by atoms with Crippen molar-refractivity contribution in [2.24, 2.45) is 17.8 Å². The van der Waals surface area contributed by atoms with Crippen LogP contribution in [0.5, 0.6) is 17.4 Å². The molecule has 2 unspecified atom stereocenters. The Bertz CT molecular complexity index is 2390. The van der Waals surface area contributed by atoms with E-state index < -0.39 is 17.7 Å². The molecule has 0 aliphatic heterocycles. The number of rotatable bonds is 8. The van der Waals surface area contributed by atoms with Gasteiger partial charge in [0.25, 0.3) is 5.88 Å². The van der Waals surface area contributed by atoms with E-state index in [4.69, 9.17) is 28.2 Å². The molecule has 5 aromatic rings. The second kappa shape index (κ2) is 14.3. The zero-order valence-electron chi connectivity index (χ0n) is 32.5. The molecule has 0 amide bonds. The van der Waals surface area contributed by atoms with E-state index in [-0.39, 0.29) is 58.8 Å². The third-order valence-corrected chi connectivity index (χ3v) is 10.9. The molecule has 1 aromatic heterocycles. The number of ketones is 2. The fraction of sp³-hybridized carbons (Fsp3) is 0.333. The first-order valence-corrected chi connectivity index (χ1v) is 18.7. The summed E-state index contributed by atoms with van der Waals surface area (Å²) in [6.45, 7) is 5.44. The monoisotopic (exact) mass is 756 g/mol. The number of hydrogen-bond acceptors (Lipinski definition) is 11. The molecule has 0 N–H and O–H groups in total. The van der Waals surface area contributed by atoms with Crippen LogP contribution in [0.15, 0.2) is 94.7 Å². The van der Waals surface area contributed by atoms with Gasteiger partial charge in [0.2, 0.25) is 0 Å². The number of fused-ring (bicyclic) bond motifs is 5. The van der Waals surface area contributed by atoms with Gasteiger partial charge in [0.1, 0.15) is 29.3 Å². The van der Waals surface area contributed by atoms with Crippen LogP contribution in [-0.4, -0.2) is 61.7 Å². The van der Waals surface area contributed by atoms with Crippen molar-refractivity contribution in [2.45, 2.75) is 51.9 Å². The molecule has 8 rings (SSSR count). The molecule has 56 heavy (non-hydrogen) atoms. The minimum absolute atomic E-state index is 0.106. The van der Waals surface area contributed by atoms with E-state index in [0.29, 0.717) is 35.3 Å². The van der Waals surface area contributed by atoms with Crippen molar-refractivity contribution in [3.8, 4) is 28.5 Å². The van der Waals surface area contributed by atoms with Gasteiger partial charge in [0.05, 0.1) is 31.7 Å². The van der Waals surface area contributed by atoms with Crippen LogP contribution in [0.4, 0.5) is 4.79 Å². The van der Waals surface area contributed by atoms with Crippen LogP contribution in [0.3, 0.4) is 0 Å². The van der Waals surface area contributed by atoms with Crippen LogP contribution in [0.25, 0.3) is 21.9 Å². The van der Waals surface area contributed by atoms with E-state index in [1.807, 2.05) is 97.9 Å². The molecule has 0 radical (unpaired) electrons. The van der Waals surface area contributed by atoms with Crippen LogP contribution >= 0.6 is 0 Å². The summed E-state index contributed by atoms with van der Waals surface area (Å²) in [7, 11) is 6.99. The molecule has 1 heterocycles. The molecule has 0 bridgehead atoms. The first-order valence-electron chi connectivity index (χ1n) is 18.7. The predicted octanol–water partition coefficient (Wildman–Crippen LogP) is 8.79. The van der Waals surface area contributed by atoms with Crippen LogP contribution in [0, 0.1) is 17.8 Å². The quantitative estimate of drug-likeness (QED) is 0.111. The molecule has 3 aliphatic rings. The number of carbonyl (C=O) groups excluding carboxylic acids is 3. The van der Waals surface area contributed by atoms with E-state index in [1.165, 1.54) is 7.11 Å². The maximum absolute atomic E-state index is 15.1. The molecule has 0 saturated carbocycles. The number of benzene rings is 4. The molecular weight excluding hydrogens is 712 g/mol. The van der Waals surface area contributed by atoms with Crippen molar-refractivity contribution < 1.29 is 42.6 Å². The molecule has 3 aliphatic carbocycles. The zero-order chi connectivity index (χ0) is 39.5. The highest BCUT2D eigenvalue weighted by Crippen LogP contribution is 2.56. The lowest BCUT2D eigenvalue weighted by atomic mass is 9.61. The van der Waals surface area contributed by atoms with Gasteiger partial charge in [-0.1, -0.05) is 60.7 Å². The summed E-state index contributed by atoms with van der Waals surface area (Å²) in [6, 6.07) is 24.8. The highest BCUT2D eigenvalue weighted by atomic mass is 16.7. The maximum atomic E-state index is 15.1. The average Bonchev–Trinajstić information content (AvgIpc) is 3.59. The van der Waals surface area contributed by atoms with Gasteiger partial charge in [0.15, 0.2) is 23.1 Å². The number of allylic oxidation sites excluding steroid dienone is 2. The van der Waals surface area contributed by atoms with Gasteiger partial charge in [-0.25, -0.2) is 4.79 Å². The van der Waals surface area contributed by atoms with Crippen molar-refractivity contribution in [2.75, 3.05) is 28.3 Å². The molecule has 4 aromatic carbocycles. The van der Waals surface area contributed by atoms with Crippen molar-refractivity contribution >= 4 is 28.5 Å². The van der Waals surface area contributed by atoms with Gasteiger partial charge in [-0.05, 0) is 111 Å². The van der Waals surface area contributed by atoms with Gasteiger partial charge in [0, 0.05) is 11.0 Å². The van der Waals surface area contributed by atoms with Crippen molar-refractivity contribution in [3.05, 3.63) is 118 Å². The lowest BCUT2D eigenvalue weighted by Crippen LogP contribution is -2.47. The van der Waals surface area contributed by atoms with Gasteiger partial charge in [-0.2, -0.15) is 0 Å². The molecule has 11 heteroatoms. The van der Waals surface area contributed by atoms with Crippen molar-refractivity contribution in [1.82, 2.24) is 10.1 Å². The average molecular weight is 757 g/mol. The Morgan fingerprint density at radius 2 is 1.64 bits per heavy atom. The fourth-order valence-electron chi connectivity index (χ4n) is 8.65. The van der Waals surface area contributed by atoms with Crippen LogP contribution in [0.1, 0.15) is 70.8 Å². The van der Waals surface area contributed by atoms with Crippen molar-refractivity contribution in [3.63, 3.8) is 0 Å². The molecule has 4 atom stereocenters. The molecule has 0 fully saturated rings. The standard InChI is InChI=1S/C45H44N2O9/c1-45(2,3)55-44(50)54-40-31-21-26(25-15-17-30(51-6)18-16-25)13-14-27(31)19-28-20-29-22-32-35(41(52-7)34(29)38(48)33(28)40)39(49)36-42(37(32)47(4)5)56-46-43(36)53-23-24-11-9-8-10-12-24/h8-19,21,29,32,35,37H,20,22-23H2,1-7H3/t29?,32-,35?,37+/m1/s1. The third-order valence-electron chi connectivity index (χ3n) is 10.9. The van der Waals surface area contributed by atoms with E-state index in [1.54, 1.807) is 27.9 Å². The largest absolute Gasteiger partial charge is 0.514 e. The van der Waals surface area contributed by atoms with E-state index >= 15 is 4.79 Å². The Labute approximate surface area is 325 Å². The Balaban J connectivity index is 1.25. The topological polar surface area (TPSA) is 127 Å². The zero-order valence-corrected chi connectivity index (χ0v) is 32.5. The highest BCUT2D eigenvalue weighted by molar-refractivity contribution is 6.18. The van der Waals surface area contributed by atoms with Crippen LogP contribution in [0.2, 0.25) is 0 Å². The summed E-state index contributed by atoms with van der Waals surface area (Å²) in [6.07, 6.45) is 0.0287. The van der Waals surface area contributed by atoms with E-state index in [9.17, 15) is 9.59 Å².